The van der Waals surface area contributed by atoms with Crippen molar-refractivity contribution >= 4 is 27.6 Å². The molecule has 1 atom stereocenters. The van der Waals surface area contributed by atoms with Gasteiger partial charge in [0.25, 0.3) is 0 Å². The maximum absolute atomic E-state index is 10.8. The third-order valence-electron chi connectivity index (χ3n) is 3.54. The summed E-state index contributed by atoms with van der Waals surface area (Å²) in [5.41, 5.74) is 7.04. The summed E-state index contributed by atoms with van der Waals surface area (Å²) < 4.78 is 6.21. The van der Waals surface area contributed by atoms with Gasteiger partial charge in [0.2, 0.25) is 5.88 Å². The van der Waals surface area contributed by atoms with Crippen molar-refractivity contribution in [2.75, 3.05) is 0 Å². The Morgan fingerprint density at radius 3 is 2.88 bits per heavy atom. The number of hydrogen-bond donors (Lipinski definition) is 1. The smallest absolute Gasteiger partial charge is 0.443 e. The molecule has 11 heteroatoms. The molecule has 0 spiro atoms. The summed E-state index contributed by atoms with van der Waals surface area (Å²) in [7, 11) is 0. The third kappa shape index (κ3) is 2.94. The Bertz CT molecular complexity index is 973. The van der Waals surface area contributed by atoms with E-state index in [4.69, 9.17) is 10.5 Å². The highest BCUT2D eigenvalue weighted by Gasteiger charge is 2.36. The molecule has 0 aliphatic carbocycles. The largest absolute Gasteiger partial charge is 0.515 e. The second kappa shape index (κ2) is 6.33. The molecule has 0 radical (unpaired) electrons. The standard InChI is InChI=1S/C14H10BrN7O3/c1-7-12(21-19-14(18-20-21)22(23)24)11(10(6-16)13(17)25-7)8-3-2-4-9(15)5-8/h2-5,11H,17H2,1H3. The minimum absolute atomic E-state index is 0.0386. The number of nitrogens with two attached hydrogens (primary N) is 1. The number of hydrogen-bond acceptors (Lipinski definition) is 8. The van der Waals surface area contributed by atoms with Gasteiger partial charge in [-0.1, -0.05) is 32.9 Å². The zero-order valence-electron chi connectivity index (χ0n) is 12.8. The van der Waals surface area contributed by atoms with Crippen LogP contribution in [-0.2, 0) is 4.74 Å². The van der Waals surface area contributed by atoms with Gasteiger partial charge in [-0.25, -0.2) is 0 Å². The van der Waals surface area contributed by atoms with Crippen molar-refractivity contribution in [3.63, 3.8) is 0 Å². The van der Waals surface area contributed by atoms with Crippen molar-refractivity contribution in [2.45, 2.75) is 12.8 Å². The lowest BCUT2D eigenvalue weighted by molar-refractivity contribution is -0.394. The average Bonchev–Trinajstić information content (AvgIpc) is 3.04. The van der Waals surface area contributed by atoms with Crippen LogP contribution in [0.2, 0.25) is 0 Å². The van der Waals surface area contributed by atoms with E-state index in [2.05, 4.69) is 31.3 Å². The zero-order valence-corrected chi connectivity index (χ0v) is 14.3. The lowest BCUT2D eigenvalue weighted by atomic mass is 9.87. The minimum Gasteiger partial charge on any atom is -0.443 e. The normalized spacial score (nSPS) is 17.2. The molecule has 1 unspecified atom stereocenters. The first-order chi connectivity index (χ1) is 11.9. The van der Waals surface area contributed by atoms with Crippen molar-refractivity contribution < 1.29 is 9.66 Å². The van der Waals surface area contributed by atoms with E-state index in [1.54, 1.807) is 25.1 Å². The first-order valence-electron chi connectivity index (χ1n) is 6.91. The molecule has 2 N–H and O–H groups in total. The first kappa shape index (κ1) is 16.6. The van der Waals surface area contributed by atoms with Gasteiger partial charge in [-0.15, -0.1) is 0 Å². The molecular formula is C14H10BrN7O3. The van der Waals surface area contributed by atoms with E-state index < -0.39 is 16.8 Å². The number of tetrazole rings is 1. The van der Waals surface area contributed by atoms with Crippen molar-refractivity contribution in [3.8, 4) is 6.07 Å². The highest BCUT2D eigenvalue weighted by Crippen LogP contribution is 2.41. The predicted molar refractivity (Wildman–Crippen MR) is 88.2 cm³/mol. The van der Waals surface area contributed by atoms with Crippen molar-refractivity contribution in [2.24, 2.45) is 5.73 Å². The van der Waals surface area contributed by atoms with Crippen LogP contribution >= 0.6 is 15.9 Å². The van der Waals surface area contributed by atoms with Gasteiger partial charge in [0.15, 0.2) is 0 Å². The van der Waals surface area contributed by atoms with Gasteiger partial charge in [-0.2, -0.15) is 5.26 Å². The second-order valence-electron chi connectivity index (χ2n) is 5.06. The quantitative estimate of drug-likeness (QED) is 0.604. The van der Waals surface area contributed by atoms with Crippen LogP contribution in [-0.4, -0.2) is 25.1 Å². The number of halogens is 1. The zero-order chi connectivity index (χ0) is 18.1. The average molecular weight is 404 g/mol. The summed E-state index contributed by atoms with van der Waals surface area (Å²) in [5, 5.41) is 31.2. The summed E-state index contributed by atoms with van der Waals surface area (Å²) >= 11 is 3.38. The van der Waals surface area contributed by atoms with Crippen molar-refractivity contribution in [1.29, 1.82) is 5.26 Å². The van der Waals surface area contributed by atoms with Crippen LogP contribution in [0.25, 0.3) is 5.70 Å². The monoisotopic (exact) mass is 403 g/mol. The van der Waals surface area contributed by atoms with E-state index >= 15 is 0 Å². The van der Waals surface area contributed by atoms with Gasteiger partial charge in [0, 0.05) is 4.47 Å². The number of rotatable bonds is 3. The molecule has 1 aromatic carbocycles. The molecule has 0 bridgehead atoms. The van der Waals surface area contributed by atoms with Gasteiger partial charge >= 0.3 is 5.95 Å². The molecule has 0 saturated carbocycles. The summed E-state index contributed by atoms with van der Waals surface area (Å²) in [6.45, 7) is 1.61. The van der Waals surface area contributed by atoms with Gasteiger partial charge in [-0.05, 0) is 29.5 Å². The third-order valence-corrected chi connectivity index (χ3v) is 4.03. The van der Waals surface area contributed by atoms with Crippen LogP contribution in [0.4, 0.5) is 5.95 Å². The Balaban J connectivity index is 2.21. The summed E-state index contributed by atoms with van der Waals surface area (Å²) in [6.07, 6.45) is 0. The fourth-order valence-electron chi connectivity index (χ4n) is 2.52. The number of nitro groups is 1. The molecule has 0 saturated heterocycles. The lowest BCUT2D eigenvalue weighted by Crippen LogP contribution is -2.23. The summed E-state index contributed by atoms with van der Waals surface area (Å²) in [6, 6.07) is 9.25. The fourth-order valence-corrected chi connectivity index (χ4v) is 2.94. The maximum Gasteiger partial charge on any atom is 0.515 e. The van der Waals surface area contributed by atoms with Gasteiger partial charge in [-0.3, -0.25) is 0 Å². The maximum atomic E-state index is 10.8. The molecule has 126 valence electrons. The first-order valence-corrected chi connectivity index (χ1v) is 7.70. The molecule has 1 aliphatic heterocycles. The number of ether oxygens (including phenoxy) is 1. The number of allylic oxidation sites excluding steroid dienone is 3. The fraction of sp³-hybridized carbons (Fsp3) is 0.143. The van der Waals surface area contributed by atoms with E-state index in [1.807, 2.05) is 12.1 Å². The van der Waals surface area contributed by atoms with Crippen LogP contribution in [0.15, 0.2) is 46.0 Å². The van der Waals surface area contributed by atoms with Crippen LogP contribution in [0.5, 0.6) is 0 Å². The minimum atomic E-state index is -0.757. The summed E-state index contributed by atoms with van der Waals surface area (Å²) in [5.74, 6) is -1.04. The van der Waals surface area contributed by atoms with Crippen LogP contribution in [0.1, 0.15) is 18.4 Å². The molecule has 3 rings (SSSR count). The van der Waals surface area contributed by atoms with Gasteiger partial charge in [0.1, 0.15) is 23.1 Å². The number of nitrogens with zero attached hydrogens (tertiary/aromatic N) is 6. The Hall–Kier alpha value is -3.26. The topological polar surface area (TPSA) is 146 Å². The predicted octanol–water partition coefficient (Wildman–Crippen LogP) is 2.04. The van der Waals surface area contributed by atoms with Gasteiger partial charge in [0.05, 0.1) is 21.3 Å². The SMILES string of the molecule is CC1=C(n2nnc([N+](=O)[O-])n2)C(c2cccc(Br)c2)C(C#N)=C(N)O1. The summed E-state index contributed by atoms with van der Waals surface area (Å²) in [4.78, 5) is 11.1. The van der Waals surface area contributed by atoms with Crippen molar-refractivity contribution in [1.82, 2.24) is 20.2 Å². The number of aromatic nitrogens is 4. The van der Waals surface area contributed by atoms with E-state index in [1.165, 1.54) is 0 Å². The molecule has 25 heavy (non-hydrogen) atoms. The van der Waals surface area contributed by atoms with E-state index in [-0.39, 0.29) is 11.5 Å². The molecule has 10 nitrogen and oxygen atoms in total. The Morgan fingerprint density at radius 2 is 2.28 bits per heavy atom. The van der Waals surface area contributed by atoms with Crippen LogP contribution in [0, 0.1) is 21.4 Å². The van der Waals surface area contributed by atoms with E-state index in [0.717, 1.165) is 9.27 Å². The molecule has 0 fully saturated rings. The van der Waals surface area contributed by atoms with Crippen molar-refractivity contribution in [3.05, 3.63) is 61.6 Å². The molecule has 1 aliphatic rings. The van der Waals surface area contributed by atoms with E-state index in [0.29, 0.717) is 17.0 Å². The van der Waals surface area contributed by atoms with Gasteiger partial charge < -0.3 is 20.6 Å². The van der Waals surface area contributed by atoms with E-state index in [9.17, 15) is 15.4 Å². The molecule has 2 heterocycles. The molecule has 2 aromatic rings. The number of benzene rings is 1. The Kier molecular flexibility index (Phi) is 4.20. The lowest BCUT2D eigenvalue weighted by Gasteiger charge is -2.25. The number of nitriles is 1. The van der Waals surface area contributed by atoms with Crippen LogP contribution in [0.3, 0.4) is 0 Å². The highest BCUT2D eigenvalue weighted by atomic mass is 79.9. The Morgan fingerprint density at radius 1 is 1.52 bits per heavy atom. The second-order valence-corrected chi connectivity index (χ2v) is 5.97. The highest BCUT2D eigenvalue weighted by molar-refractivity contribution is 9.10. The van der Waals surface area contributed by atoms with Crippen LogP contribution < -0.4 is 5.73 Å². The molecule has 1 aromatic heterocycles. The molecule has 0 amide bonds. The Labute approximate surface area is 149 Å². The molecular weight excluding hydrogens is 394 g/mol.